The molecule has 0 aromatic heterocycles. The number of rotatable bonds is 1. The van der Waals surface area contributed by atoms with Gasteiger partial charge in [-0.2, -0.15) is 0 Å². The fourth-order valence-corrected chi connectivity index (χ4v) is 5.04. The van der Waals surface area contributed by atoms with Crippen LogP contribution < -0.4 is 5.32 Å². The van der Waals surface area contributed by atoms with Crippen LogP contribution in [0.2, 0.25) is 0 Å². The molecule has 4 aliphatic rings. The number of hydrogen-bond acceptors (Lipinski definition) is 3. The lowest BCUT2D eigenvalue weighted by Crippen LogP contribution is -2.56. The van der Waals surface area contributed by atoms with Crippen LogP contribution in [0, 0.1) is 17.8 Å². The molecule has 1 amide bonds. The molecule has 0 spiro atoms. The molecular formula is C14H22N2O2. The summed E-state index contributed by atoms with van der Waals surface area (Å²) in [6, 6.07) is 0.125. The van der Waals surface area contributed by atoms with E-state index < -0.39 is 0 Å². The zero-order valence-electron chi connectivity index (χ0n) is 10.9. The van der Waals surface area contributed by atoms with Gasteiger partial charge in [0.2, 0.25) is 5.91 Å². The van der Waals surface area contributed by atoms with Gasteiger partial charge in [-0.25, -0.2) is 0 Å². The number of carbonyl (C=O) groups is 1. The summed E-state index contributed by atoms with van der Waals surface area (Å²) in [5, 5.41) is 13.7. The minimum atomic E-state index is -0.373. The van der Waals surface area contributed by atoms with E-state index >= 15 is 0 Å². The highest BCUT2D eigenvalue weighted by Gasteiger charge is 2.61. The van der Waals surface area contributed by atoms with Crippen LogP contribution in [0.4, 0.5) is 0 Å². The van der Waals surface area contributed by atoms with Crippen LogP contribution in [0.3, 0.4) is 0 Å². The predicted octanol–water partition coefficient (Wildman–Crippen LogP) is 0.356. The number of aliphatic hydroxyl groups excluding tert-OH is 1. The Bertz CT molecular complexity index is 389. The molecule has 0 radical (unpaired) electrons. The van der Waals surface area contributed by atoms with Gasteiger partial charge in [0.25, 0.3) is 0 Å². The number of nitrogens with one attached hydrogen (secondary N) is 1. The molecule has 2 aliphatic heterocycles. The Hall–Kier alpha value is -0.610. The molecule has 0 aromatic carbocycles. The van der Waals surface area contributed by atoms with Gasteiger partial charge in [-0.1, -0.05) is 0 Å². The molecule has 2 heterocycles. The highest BCUT2D eigenvalue weighted by molar-refractivity contribution is 5.87. The van der Waals surface area contributed by atoms with Gasteiger partial charge < -0.3 is 15.3 Å². The third-order valence-electron chi connectivity index (χ3n) is 5.95. The number of nitrogens with zero attached hydrogens (tertiary/aromatic N) is 1. The van der Waals surface area contributed by atoms with E-state index in [1.165, 1.54) is 0 Å². The standard InChI is InChI=1S/C14H22N2O2/c1-14(3-2-4-15-14)13(18)16-7-9-5-8-6-10(9)11(16)12(8)17/h8-12,15,17H,2-7H2,1H3. The highest BCUT2D eigenvalue weighted by atomic mass is 16.3. The average molecular weight is 250 g/mol. The van der Waals surface area contributed by atoms with Gasteiger partial charge in [-0.15, -0.1) is 0 Å². The molecule has 2 saturated heterocycles. The van der Waals surface area contributed by atoms with E-state index in [2.05, 4.69) is 5.32 Å². The Kier molecular flexibility index (Phi) is 2.17. The number of aliphatic hydroxyl groups is 1. The normalized spacial score (nSPS) is 53.4. The van der Waals surface area contributed by atoms with Crippen LogP contribution in [-0.4, -0.2) is 46.7 Å². The summed E-state index contributed by atoms with van der Waals surface area (Å²) in [5.41, 5.74) is -0.373. The Morgan fingerprint density at radius 1 is 1.39 bits per heavy atom. The lowest BCUT2D eigenvalue weighted by atomic mass is 9.88. The summed E-state index contributed by atoms with van der Waals surface area (Å²) in [5.74, 6) is 1.95. The summed E-state index contributed by atoms with van der Waals surface area (Å²) in [6.07, 6.45) is 4.03. The Morgan fingerprint density at radius 2 is 2.22 bits per heavy atom. The molecule has 100 valence electrons. The van der Waals surface area contributed by atoms with Crippen molar-refractivity contribution in [2.75, 3.05) is 13.1 Å². The average Bonchev–Trinajstić information content (AvgIpc) is 3.02. The van der Waals surface area contributed by atoms with Crippen LogP contribution in [0.15, 0.2) is 0 Å². The number of amides is 1. The van der Waals surface area contributed by atoms with Gasteiger partial charge in [-0.3, -0.25) is 4.79 Å². The van der Waals surface area contributed by atoms with Crippen molar-refractivity contribution >= 4 is 5.91 Å². The zero-order valence-corrected chi connectivity index (χ0v) is 10.9. The molecule has 2 N–H and O–H groups in total. The van der Waals surface area contributed by atoms with Crippen molar-refractivity contribution in [2.24, 2.45) is 17.8 Å². The SMILES string of the molecule is CC1(C(=O)N2CC3CC4CC3C2C4O)CCCN1. The molecule has 18 heavy (non-hydrogen) atoms. The molecular weight excluding hydrogens is 228 g/mol. The maximum Gasteiger partial charge on any atom is 0.242 e. The maximum atomic E-state index is 12.8. The van der Waals surface area contributed by atoms with E-state index in [-0.39, 0.29) is 23.6 Å². The molecule has 6 atom stereocenters. The van der Waals surface area contributed by atoms with Gasteiger partial charge in [0.1, 0.15) is 0 Å². The second-order valence-electron chi connectivity index (χ2n) is 6.96. The quantitative estimate of drug-likeness (QED) is 0.706. The van der Waals surface area contributed by atoms with Crippen molar-refractivity contribution in [2.45, 2.75) is 50.3 Å². The Balaban J connectivity index is 1.61. The first-order valence-electron chi connectivity index (χ1n) is 7.34. The minimum Gasteiger partial charge on any atom is -0.391 e. The first-order valence-corrected chi connectivity index (χ1v) is 7.34. The second-order valence-corrected chi connectivity index (χ2v) is 6.96. The molecule has 2 aliphatic carbocycles. The van der Waals surface area contributed by atoms with Gasteiger partial charge >= 0.3 is 0 Å². The fraction of sp³-hybridized carbons (Fsp3) is 0.929. The van der Waals surface area contributed by atoms with Crippen molar-refractivity contribution in [3.05, 3.63) is 0 Å². The first kappa shape index (κ1) is 11.2. The third-order valence-corrected chi connectivity index (χ3v) is 5.95. The predicted molar refractivity (Wildman–Crippen MR) is 66.9 cm³/mol. The van der Waals surface area contributed by atoms with Crippen LogP contribution in [-0.2, 0) is 4.79 Å². The Morgan fingerprint density at radius 3 is 2.89 bits per heavy atom. The molecule has 4 nitrogen and oxygen atoms in total. The second kappa shape index (κ2) is 3.48. The Labute approximate surface area is 108 Å². The van der Waals surface area contributed by atoms with Gasteiger partial charge in [0.05, 0.1) is 17.7 Å². The fourth-order valence-electron chi connectivity index (χ4n) is 5.04. The zero-order chi connectivity index (χ0) is 12.5. The number of fused-ring (bicyclic) bond motifs is 1. The monoisotopic (exact) mass is 250 g/mol. The van der Waals surface area contributed by atoms with Gasteiger partial charge in [-0.05, 0) is 56.9 Å². The summed E-state index contributed by atoms with van der Waals surface area (Å²) < 4.78 is 0. The number of carbonyl (C=O) groups excluding carboxylic acids is 1. The molecule has 2 saturated carbocycles. The molecule has 4 fully saturated rings. The van der Waals surface area contributed by atoms with Gasteiger partial charge in [0.15, 0.2) is 0 Å². The smallest absolute Gasteiger partial charge is 0.242 e. The number of hydrogen-bond donors (Lipinski definition) is 2. The molecule has 0 aromatic rings. The van der Waals surface area contributed by atoms with Crippen molar-refractivity contribution < 1.29 is 9.90 Å². The van der Waals surface area contributed by atoms with E-state index in [1.54, 1.807) is 0 Å². The largest absolute Gasteiger partial charge is 0.391 e. The topological polar surface area (TPSA) is 52.6 Å². The van der Waals surface area contributed by atoms with Crippen molar-refractivity contribution in [3.8, 4) is 0 Å². The minimum absolute atomic E-state index is 0.125. The highest BCUT2D eigenvalue weighted by Crippen LogP contribution is 2.55. The van der Waals surface area contributed by atoms with Crippen LogP contribution in [0.1, 0.15) is 32.6 Å². The molecule has 4 heteroatoms. The number of likely N-dealkylation sites (tertiary alicyclic amines) is 1. The molecule has 4 rings (SSSR count). The van der Waals surface area contributed by atoms with E-state index in [9.17, 15) is 9.90 Å². The summed E-state index contributed by atoms with van der Waals surface area (Å²) in [4.78, 5) is 14.8. The molecule has 6 unspecified atom stereocenters. The van der Waals surface area contributed by atoms with Crippen LogP contribution in [0.25, 0.3) is 0 Å². The first-order chi connectivity index (χ1) is 8.60. The third kappa shape index (κ3) is 1.26. The lowest BCUT2D eigenvalue weighted by molar-refractivity contribution is -0.140. The van der Waals surface area contributed by atoms with E-state index in [1.807, 2.05) is 11.8 Å². The van der Waals surface area contributed by atoms with Crippen LogP contribution in [0.5, 0.6) is 0 Å². The molecule has 2 bridgehead atoms. The van der Waals surface area contributed by atoms with Crippen molar-refractivity contribution in [3.63, 3.8) is 0 Å². The summed E-state index contributed by atoms with van der Waals surface area (Å²) >= 11 is 0. The maximum absolute atomic E-state index is 12.8. The van der Waals surface area contributed by atoms with Crippen molar-refractivity contribution in [1.82, 2.24) is 10.2 Å². The van der Waals surface area contributed by atoms with E-state index in [4.69, 9.17) is 0 Å². The van der Waals surface area contributed by atoms with Crippen LogP contribution >= 0.6 is 0 Å². The summed E-state index contributed by atoms with van der Waals surface area (Å²) in [7, 11) is 0. The van der Waals surface area contributed by atoms with E-state index in [0.717, 1.165) is 38.8 Å². The van der Waals surface area contributed by atoms with E-state index in [0.29, 0.717) is 17.8 Å². The lowest BCUT2D eigenvalue weighted by Gasteiger charge is -2.34. The van der Waals surface area contributed by atoms with Crippen molar-refractivity contribution in [1.29, 1.82) is 0 Å². The summed E-state index contributed by atoms with van der Waals surface area (Å²) in [6.45, 7) is 3.86. The van der Waals surface area contributed by atoms with Gasteiger partial charge in [0, 0.05) is 6.54 Å².